The van der Waals surface area contributed by atoms with Gasteiger partial charge in [0.15, 0.2) is 0 Å². The third-order valence-corrected chi connectivity index (χ3v) is 3.79. The van der Waals surface area contributed by atoms with Crippen molar-refractivity contribution in [3.63, 3.8) is 0 Å². The van der Waals surface area contributed by atoms with E-state index in [0.717, 1.165) is 0 Å². The minimum Gasteiger partial charge on any atom is -0.462 e. The number of rotatable bonds is 4. The molecule has 0 unspecified atom stereocenters. The van der Waals surface area contributed by atoms with Crippen molar-refractivity contribution in [2.45, 2.75) is 20.8 Å². The third kappa shape index (κ3) is 4.19. The van der Waals surface area contributed by atoms with Crippen LogP contribution in [0.4, 0.5) is 0 Å². The van der Waals surface area contributed by atoms with Crippen LogP contribution in [0, 0.1) is 13.8 Å². The highest BCUT2D eigenvalue weighted by molar-refractivity contribution is 6.30. The molecule has 2 rings (SSSR count). The molecule has 0 atom stereocenters. The Labute approximate surface area is 149 Å². The van der Waals surface area contributed by atoms with E-state index in [1.807, 2.05) is 0 Å². The van der Waals surface area contributed by atoms with Gasteiger partial charge in [0, 0.05) is 16.3 Å². The van der Waals surface area contributed by atoms with Crippen LogP contribution in [0.15, 0.2) is 24.3 Å². The van der Waals surface area contributed by atoms with Gasteiger partial charge < -0.3 is 9.72 Å². The molecule has 25 heavy (non-hydrogen) atoms. The molecule has 0 saturated heterocycles. The zero-order valence-corrected chi connectivity index (χ0v) is 14.8. The number of hydrogen-bond acceptors (Lipinski definition) is 4. The summed E-state index contributed by atoms with van der Waals surface area (Å²) in [5.41, 5.74) is 6.43. The topological polar surface area (TPSA) is 100 Å². The summed E-state index contributed by atoms with van der Waals surface area (Å²) in [7, 11) is 0. The Morgan fingerprint density at radius 3 is 2.28 bits per heavy atom. The molecule has 3 N–H and O–H groups in total. The number of nitrogens with one attached hydrogen (secondary N) is 3. The van der Waals surface area contributed by atoms with Crippen LogP contribution in [0.3, 0.4) is 0 Å². The molecule has 1 heterocycles. The third-order valence-electron chi connectivity index (χ3n) is 3.54. The molecule has 7 nitrogen and oxygen atoms in total. The van der Waals surface area contributed by atoms with Gasteiger partial charge in [0.2, 0.25) is 0 Å². The van der Waals surface area contributed by atoms with Crippen molar-refractivity contribution < 1.29 is 19.1 Å². The number of aromatic nitrogens is 1. The van der Waals surface area contributed by atoms with Crippen molar-refractivity contribution in [1.29, 1.82) is 0 Å². The monoisotopic (exact) mass is 363 g/mol. The van der Waals surface area contributed by atoms with Gasteiger partial charge >= 0.3 is 5.97 Å². The number of amides is 2. The Bertz CT molecular complexity index is 812. The first kappa shape index (κ1) is 18.5. The summed E-state index contributed by atoms with van der Waals surface area (Å²) in [6, 6.07) is 6.21. The number of carbonyl (C=O) groups is 3. The minimum atomic E-state index is -0.571. The number of halogens is 1. The molecule has 132 valence electrons. The second-order valence-electron chi connectivity index (χ2n) is 5.26. The molecule has 8 heteroatoms. The van der Waals surface area contributed by atoms with Crippen LogP contribution in [0.5, 0.6) is 0 Å². The van der Waals surface area contributed by atoms with E-state index in [-0.39, 0.29) is 12.3 Å². The Morgan fingerprint density at radius 2 is 1.68 bits per heavy atom. The minimum absolute atomic E-state index is 0.178. The van der Waals surface area contributed by atoms with Crippen LogP contribution in [0.2, 0.25) is 5.02 Å². The van der Waals surface area contributed by atoms with E-state index in [2.05, 4.69) is 15.8 Å². The smallest absolute Gasteiger partial charge is 0.340 e. The van der Waals surface area contributed by atoms with Crippen molar-refractivity contribution >= 4 is 29.4 Å². The Morgan fingerprint density at radius 1 is 1.08 bits per heavy atom. The maximum Gasteiger partial charge on any atom is 0.340 e. The normalized spacial score (nSPS) is 10.2. The summed E-state index contributed by atoms with van der Waals surface area (Å²) in [6.45, 7) is 5.24. The summed E-state index contributed by atoms with van der Waals surface area (Å²) in [5, 5.41) is 0.504. The molecule has 1 aromatic carbocycles. The second kappa shape index (κ2) is 7.85. The maximum atomic E-state index is 12.3. The summed E-state index contributed by atoms with van der Waals surface area (Å²) in [6.07, 6.45) is 0. The molecule has 0 bridgehead atoms. The second-order valence-corrected chi connectivity index (χ2v) is 5.70. The highest BCUT2D eigenvalue weighted by Gasteiger charge is 2.23. The highest BCUT2D eigenvalue weighted by Crippen LogP contribution is 2.19. The number of aryl methyl sites for hydroxylation is 1. The lowest BCUT2D eigenvalue weighted by atomic mass is 10.1. The molecule has 0 aliphatic carbocycles. The number of ether oxygens (including phenoxy) is 1. The molecule has 0 spiro atoms. The number of hydrazine groups is 1. The van der Waals surface area contributed by atoms with Crippen molar-refractivity contribution in [3.05, 3.63) is 57.4 Å². The largest absolute Gasteiger partial charge is 0.462 e. The molecule has 1 aromatic heterocycles. The predicted molar refractivity (Wildman–Crippen MR) is 92.6 cm³/mol. The Balaban J connectivity index is 2.08. The zero-order valence-electron chi connectivity index (χ0n) is 14.0. The molecule has 2 amide bonds. The number of H-pyrrole nitrogens is 1. The van der Waals surface area contributed by atoms with E-state index < -0.39 is 17.8 Å². The zero-order chi connectivity index (χ0) is 18.6. The van der Waals surface area contributed by atoms with Crippen LogP contribution in [0.1, 0.15) is 49.4 Å². The van der Waals surface area contributed by atoms with Gasteiger partial charge in [-0.25, -0.2) is 4.79 Å². The molecule has 0 fully saturated rings. The molecule has 2 aromatic rings. The molecule has 0 radical (unpaired) electrons. The maximum absolute atomic E-state index is 12.3. The van der Waals surface area contributed by atoms with Crippen molar-refractivity contribution in [1.82, 2.24) is 15.8 Å². The summed E-state index contributed by atoms with van der Waals surface area (Å²) < 4.78 is 4.98. The summed E-state index contributed by atoms with van der Waals surface area (Å²) >= 11 is 5.76. The molecule has 0 saturated carbocycles. The first-order chi connectivity index (χ1) is 11.8. The van der Waals surface area contributed by atoms with Crippen LogP contribution in [-0.2, 0) is 4.74 Å². The first-order valence-corrected chi connectivity index (χ1v) is 7.95. The predicted octanol–water partition coefficient (Wildman–Crippen LogP) is 2.54. The fraction of sp³-hybridized carbons (Fsp3) is 0.235. The van der Waals surface area contributed by atoms with Crippen molar-refractivity contribution in [2.75, 3.05) is 6.61 Å². The number of aromatic amines is 1. The lowest BCUT2D eigenvalue weighted by molar-refractivity contribution is 0.0524. The first-order valence-electron chi connectivity index (χ1n) is 7.57. The highest BCUT2D eigenvalue weighted by atomic mass is 35.5. The van der Waals surface area contributed by atoms with Gasteiger partial charge in [0.05, 0.1) is 12.2 Å². The van der Waals surface area contributed by atoms with E-state index in [0.29, 0.717) is 27.4 Å². The molecular formula is C17H18ClN3O4. The fourth-order valence-electron chi connectivity index (χ4n) is 2.34. The van der Waals surface area contributed by atoms with Gasteiger partial charge in [-0.1, -0.05) is 11.6 Å². The van der Waals surface area contributed by atoms with Crippen molar-refractivity contribution in [3.8, 4) is 0 Å². The van der Waals surface area contributed by atoms with Crippen LogP contribution in [0.25, 0.3) is 0 Å². The number of benzene rings is 1. The van der Waals surface area contributed by atoms with Gasteiger partial charge in [-0.3, -0.25) is 20.4 Å². The average Bonchev–Trinajstić information content (AvgIpc) is 2.88. The van der Waals surface area contributed by atoms with E-state index >= 15 is 0 Å². The van der Waals surface area contributed by atoms with E-state index in [1.165, 1.54) is 12.1 Å². The lowest BCUT2D eigenvalue weighted by Gasteiger charge is -2.07. The van der Waals surface area contributed by atoms with Crippen LogP contribution in [-0.4, -0.2) is 29.4 Å². The van der Waals surface area contributed by atoms with E-state index in [1.54, 1.807) is 32.9 Å². The summed E-state index contributed by atoms with van der Waals surface area (Å²) in [5.74, 6) is -1.56. The van der Waals surface area contributed by atoms with E-state index in [4.69, 9.17) is 16.3 Å². The molecule has 0 aliphatic rings. The van der Waals surface area contributed by atoms with Gasteiger partial charge in [-0.2, -0.15) is 0 Å². The standard InChI is InChI=1S/C17H18ClN3O4/c1-4-25-17(24)13-9(2)14(19-10(13)3)16(23)21-20-15(22)11-5-7-12(18)8-6-11/h5-8,19H,4H2,1-3H3,(H,20,22)(H,21,23). The van der Waals surface area contributed by atoms with Gasteiger partial charge in [-0.05, 0) is 50.6 Å². The van der Waals surface area contributed by atoms with Gasteiger partial charge in [0.25, 0.3) is 11.8 Å². The van der Waals surface area contributed by atoms with Gasteiger partial charge in [-0.15, -0.1) is 0 Å². The fourth-order valence-corrected chi connectivity index (χ4v) is 2.46. The molecule has 0 aliphatic heterocycles. The van der Waals surface area contributed by atoms with Crippen LogP contribution < -0.4 is 10.9 Å². The average molecular weight is 364 g/mol. The van der Waals surface area contributed by atoms with Crippen molar-refractivity contribution in [2.24, 2.45) is 0 Å². The number of hydrogen-bond donors (Lipinski definition) is 3. The Hall–Kier alpha value is -2.80. The van der Waals surface area contributed by atoms with Crippen LogP contribution >= 0.6 is 11.6 Å². The van der Waals surface area contributed by atoms with E-state index in [9.17, 15) is 14.4 Å². The lowest BCUT2D eigenvalue weighted by Crippen LogP contribution is -2.42. The number of carbonyl (C=O) groups excluding carboxylic acids is 3. The summed E-state index contributed by atoms with van der Waals surface area (Å²) in [4.78, 5) is 39.0. The SMILES string of the molecule is CCOC(=O)c1c(C)[nH]c(C(=O)NNC(=O)c2ccc(Cl)cc2)c1C. The quantitative estimate of drug-likeness (QED) is 0.574. The molecular weight excluding hydrogens is 346 g/mol. The Kier molecular flexibility index (Phi) is 5.82. The van der Waals surface area contributed by atoms with Gasteiger partial charge in [0.1, 0.15) is 5.69 Å². The number of esters is 1.